The molecule has 2 nitrogen and oxygen atoms in total. The maximum atomic E-state index is 4.05. The van der Waals surface area contributed by atoms with E-state index in [2.05, 4.69) is 23.2 Å². The molecule has 0 saturated heterocycles. The molecule has 1 aliphatic heterocycles. The highest BCUT2D eigenvalue weighted by atomic mass is 15.1. The highest BCUT2D eigenvalue weighted by Crippen LogP contribution is 2.28. The van der Waals surface area contributed by atoms with Gasteiger partial charge in [-0.05, 0) is 25.3 Å². The summed E-state index contributed by atoms with van der Waals surface area (Å²) >= 11 is 0. The van der Waals surface area contributed by atoms with E-state index in [1.807, 2.05) is 0 Å². The Kier molecular flexibility index (Phi) is 1.19. The van der Waals surface area contributed by atoms with E-state index in [-0.39, 0.29) is 0 Å². The molecule has 0 amide bonds. The Morgan fingerprint density at radius 1 is 1.40 bits per heavy atom. The van der Waals surface area contributed by atoms with Crippen LogP contribution in [0.15, 0.2) is 33.1 Å². The van der Waals surface area contributed by atoms with Crippen LogP contribution in [0.3, 0.4) is 0 Å². The Morgan fingerprint density at radius 3 is 3.20 bits per heavy atom. The minimum absolute atomic E-state index is 0.812. The normalized spacial score (nSPS) is 23.1. The van der Waals surface area contributed by atoms with Crippen molar-refractivity contribution in [3.05, 3.63) is 22.9 Å². The van der Waals surface area contributed by atoms with Crippen molar-refractivity contribution < 1.29 is 0 Å². The smallest absolute Gasteiger partial charge is 0.0871 e. The van der Waals surface area contributed by atoms with E-state index < -0.39 is 0 Å². The molecule has 0 spiro atoms. The summed E-state index contributed by atoms with van der Waals surface area (Å²) in [6.45, 7) is 2.98. The molecule has 0 saturated carbocycles. The first kappa shape index (κ1) is 5.83. The van der Waals surface area contributed by atoms with Crippen molar-refractivity contribution in [3.8, 4) is 0 Å². The zero-order valence-corrected chi connectivity index (χ0v) is 6.09. The monoisotopic (exact) mass is 134 g/mol. The third kappa shape index (κ3) is 0.801. The standard InChI is InChI=1S/C8H10N2/c1-6-2-3-8-7(4-6)5-9-10-8/h4H,2-3,5H2,1H3. The van der Waals surface area contributed by atoms with Crippen molar-refractivity contribution >= 4 is 0 Å². The number of rotatable bonds is 0. The van der Waals surface area contributed by atoms with Crippen LogP contribution in [0.4, 0.5) is 0 Å². The molecule has 0 atom stereocenters. The fourth-order valence-corrected chi connectivity index (χ4v) is 1.38. The molecule has 2 rings (SSSR count). The second kappa shape index (κ2) is 2.04. The van der Waals surface area contributed by atoms with Gasteiger partial charge in [0.1, 0.15) is 0 Å². The Morgan fingerprint density at radius 2 is 2.30 bits per heavy atom. The van der Waals surface area contributed by atoms with Crippen LogP contribution < -0.4 is 0 Å². The highest BCUT2D eigenvalue weighted by Gasteiger charge is 2.13. The van der Waals surface area contributed by atoms with E-state index in [9.17, 15) is 0 Å². The van der Waals surface area contributed by atoms with Gasteiger partial charge in [0, 0.05) is 0 Å². The van der Waals surface area contributed by atoms with Gasteiger partial charge in [-0.3, -0.25) is 0 Å². The number of hydrogen-bond donors (Lipinski definition) is 0. The molecule has 0 unspecified atom stereocenters. The fraction of sp³-hybridized carbons (Fsp3) is 0.500. The van der Waals surface area contributed by atoms with Gasteiger partial charge in [-0.15, -0.1) is 0 Å². The van der Waals surface area contributed by atoms with Crippen LogP contribution >= 0.6 is 0 Å². The molecule has 0 aromatic carbocycles. The zero-order valence-electron chi connectivity index (χ0n) is 6.09. The number of nitrogens with zero attached hydrogens (tertiary/aromatic N) is 2. The lowest BCUT2D eigenvalue weighted by Crippen LogP contribution is -1.93. The maximum Gasteiger partial charge on any atom is 0.0871 e. The SMILES string of the molecule is CC1=CC2=C(CC1)N=NC2. The van der Waals surface area contributed by atoms with E-state index in [0.29, 0.717) is 0 Å². The molecule has 0 aromatic rings. The van der Waals surface area contributed by atoms with Crippen molar-refractivity contribution in [2.75, 3.05) is 6.54 Å². The lowest BCUT2D eigenvalue weighted by Gasteiger charge is -2.08. The first-order chi connectivity index (χ1) is 4.86. The summed E-state index contributed by atoms with van der Waals surface area (Å²) in [5, 5.41) is 8.02. The quantitative estimate of drug-likeness (QED) is 0.486. The van der Waals surface area contributed by atoms with Crippen LogP contribution in [-0.2, 0) is 0 Å². The Balaban J connectivity index is 2.34. The molecule has 1 aliphatic carbocycles. The second-order valence-electron chi connectivity index (χ2n) is 2.86. The van der Waals surface area contributed by atoms with Crippen LogP contribution in [0, 0.1) is 0 Å². The highest BCUT2D eigenvalue weighted by molar-refractivity contribution is 5.35. The maximum absolute atomic E-state index is 4.05. The summed E-state index contributed by atoms with van der Waals surface area (Å²) in [6, 6.07) is 0. The summed E-state index contributed by atoms with van der Waals surface area (Å²) in [5.41, 5.74) is 4.01. The van der Waals surface area contributed by atoms with Gasteiger partial charge in [0.05, 0.1) is 12.2 Å². The topological polar surface area (TPSA) is 24.7 Å². The van der Waals surface area contributed by atoms with Crippen LogP contribution in [0.2, 0.25) is 0 Å². The number of hydrogen-bond acceptors (Lipinski definition) is 2. The van der Waals surface area contributed by atoms with Crippen molar-refractivity contribution in [3.63, 3.8) is 0 Å². The molecular weight excluding hydrogens is 124 g/mol. The van der Waals surface area contributed by atoms with Crippen molar-refractivity contribution in [2.45, 2.75) is 19.8 Å². The van der Waals surface area contributed by atoms with Gasteiger partial charge in [0.15, 0.2) is 0 Å². The predicted octanol–water partition coefficient (Wildman–Crippen LogP) is 2.45. The van der Waals surface area contributed by atoms with E-state index in [0.717, 1.165) is 19.4 Å². The minimum Gasteiger partial charge on any atom is -0.184 e. The summed E-state index contributed by atoms with van der Waals surface area (Å²) in [6.07, 6.45) is 4.48. The summed E-state index contributed by atoms with van der Waals surface area (Å²) < 4.78 is 0. The summed E-state index contributed by atoms with van der Waals surface area (Å²) in [7, 11) is 0. The minimum atomic E-state index is 0.812. The van der Waals surface area contributed by atoms with Crippen molar-refractivity contribution in [2.24, 2.45) is 10.2 Å². The van der Waals surface area contributed by atoms with Gasteiger partial charge < -0.3 is 0 Å². The Bertz CT molecular complexity index is 246. The Labute approximate surface area is 60.3 Å². The molecule has 0 aromatic heterocycles. The molecule has 2 heteroatoms. The molecule has 10 heavy (non-hydrogen) atoms. The predicted molar refractivity (Wildman–Crippen MR) is 39.7 cm³/mol. The second-order valence-corrected chi connectivity index (χ2v) is 2.86. The van der Waals surface area contributed by atoms with Crippen LogP contribution in [0.5, 0.6) is 0 Å². The van der Waals surface area contributed by atoms with Crippen LogP contribution in [0.1, 0.15) is 19.8 Å². The molecule has 0 fully saturated rings. The van der Waals surface area contributed by atoms with Gasteiger partial charge in [-0.25, -0.2) is 0 Å². The molecule has 0 radical (unpaired) electrons. The zero-order chi connectivity index (χ0) is 6.97. The van der Waals surface area contributed by atoms with E-state index in [1.165, 1.54) is 16.8 Å². The third-order valence-corrected chi connectivity index (χ3v) is 1.98. The fourth-order valence-electron chi connectivity index (χ4n) is 1.38. The van der Waals surface area contributed by atoms with Crippen LogP contribution in [-0.4, -0.2) is 6.54 Å². The van der Waals surface area contributed by atoms with Gasteiger partial charge in [-0.2, -0.15) is 10.2 Å². The molecule has 0 bridgehead atoms. The molecule has 52 valence electrons. The number of allylic oxidation sites excluding steroid dienone is 2. The summed E-state index contributed by atoms with van der Waals surface area (Å²) in [5.74, 6) is 0. The molecule has 0 N–H and O–H groups in total. The van der Waals surface area contributed by atoms with Crippen molar-refractivity contribution in [1.29, 1.82) is 0 Å². The first-order valence-corrected chi connectivity index (χ1v) is 3.63. The van der Waals surface area contributed by atoms with Gasteiger partial charge in [0.2, 0.25) is 0 Å². The summed E-state index contributed by atoms with van der Waals surface area (Å²) in [4.78, 5) is 0. The van der Waals surface area contributed by atoms with Gasteiger partial charge in [0.25, 0.3) is 0 Å². The average Bonchev–Trinajstić information content (AvgIpc) is 2.33. The van der Waals surface area contributed by atoms with E-state index >= 15 is 0 Å². The lowest BCUT2D eigenvalue weighted by atomic mass is 9.99. The number of azo groups is 1. The van der Waals surface area contributed by atoms with E-state index in [4.69, 9.17) is 0 Å². The molecular formula is C8H10N2. The van der Waals surface area contributed by atoms with Gasteiger partial charge in [-0.1, -0.05) is 11.6 Å². The van der Waals surface area contributed by atoms with E-state index in [1.54, 1.807) is 0 Å². The Hall–Kier alpha value is -0.920. The first-order valence-electron chi connectivity index (χ1n) is 3.63. The molecule has 2 aliphatic rings. The average molecular weight is 134 g/mol. The largest absolute Gasteiger partial charge is 0.184 e. The lowest BCUT2D eigenvalue weighted by molar-refractivity contribution is 0.880. The van der Waals surface area contributed by atoms with Gasteiger partial charge >= 0.3 is 0 Å². The van der Waals surface area contributed by atoms with Crippen LogP contribution in [0.25, 0.3) is 0 Å². The third-order valence-electron chi connectivity index (χ3n) is 1.98. The van der Waals surface area contributed by atoms with Crippen molar-refractivity contribution in [1.82, 2.24) is 0 Å². The molecule has 1 heterocycles.